The Morgan fingerprint density at radius 2 is 1.97 bits per heavy atom. The van der Waals surface area contributed by atoms with E-state index in [9.17, 15) is 0 Å². The number of ether oxygens (including phenoxy) is 2. The highest BCUT2D eigenvalue weighted by Gasteiger charge is 2.22. The van der Waals surface area contributed by atoms with Crippen molar-refractivity contribution in [2.45, 2.75) is 56.0 Å². The molecule has 9 heteroatoms. The quantitative estimate of drug-likeness (QED) is 0.523. The molecule has 1 aliphatic rings. The van der Waals surface area contributed by atoms with Crippen LogP contribution < -0.4 is 9.47 Å². The summed E-state index contributed by atoms with van der Waals surface area (Å²) in [5.41, 5.74) is 0.759. The second kappa shape index (κ2) is 8.86. The van der Waals surface area contributed by atoms with E-state index in [1.165, 1.54) is 32.1 Å². The Morgan fingerprint density at radius 3 is 2.72 bits per heavy atom. The summed E-state index contributed by atoms with van der Waals surface area (Å²) in [5, 5.41) is 13.7. The van der Waals surface area contributed by atoms with Crippen LogP contribution in [0.1, 0.15) is 49.9 Å². The SMILES string of the molecule is COc1ccc(-c2noc(CSc3nnc(C)n3C3CCCCC3)n2)c(OC)c1. The molecule has 2 aromatic heterocycles. The normalized spacial score (nSPS) is 14.9. The summed E-state index contributed by atoms with van der Waals surface area (Å²) in [6.45, 7) is 2.02. The minimum absolute atomic E-state index is 0.489. The Morgan fingerprint density at radius 1 is 1.14 bits per heavy atom. The van der Waals surface area contributed by atoms with Crippen LogP contribution in [0.15, 0.2) is 27.9 Å². The zero-order valence-electron chi connectivity index (χ0n) is 16.9. The van der Waals surface area contributed by atoms with E-state index in [2.05, 4.69) is 24.9 Å². The lowest BCUT2D eigenvalue weighted by atomic mass is 9.95. The van der Waals surface area contributed by atoms with Gasteiger partial charge in [-0.1, -0.05) is 36.2 Å². The average Bonchev–Trinajstić information content (AvgIpc) is 3.38. The number of thioether (sulfide) groups is 1. The van der Waals surface area contributed by atoms with Gasteiger partial charge in [0, 0.05) is 12.1 Å². The largest absolute Gasteiger partial charge is 0.497 e. The number of aryl methyl sites for hydroxylation is 1. The summed E-state index contributed by atoms with van der Waals surface area (Å²) in [4.78, 5) is 4.53. The fraction of sp³-hybridized carbons (Fsp3) is 0.500. The third-order valence-electron chi connectivity index (χ3n) is 5.22. The molecule has 0 unspecified atom stereocenters. The van der Waals surface area contributed by atoms with Crippen LogP contribution in [0.5, 0.6) is 11.5 Å². The molecular formula is C20H25N5O3S. The Labute approximate surface area is 174 Å². The Bertz CT molecular complexity index is 965. The van der Waals surface area contributed by atoms with Crippen molar-refractivity contribution in [2.24, 2.45) is 0 Å². The van der Waals surface area contributed by atoms with Gasteiger partial charge in [-0.3, -0.25) is 0 Å². The van der Waals surface area contributed by atoms with Gasteiger partial charge in [0.25, 0.3) is 0 Å². The van der Waals surface area contributed by atoms with Gasteiger partial charge in [0.05, 0.1) is 25.5 Å². The Balaban J connectivity index is 1.48. The maximum atomic E-state index is 5.46. The monoisotopic (exact) mass is 415 g/mol. The van der Waals surface area contributed by atoms with Crippen molar-refractivity contribution >= 4 is 11.8 Å². The lowest BCUT2D eigenvalue weighted by molar-refractivity contribution is 0.331. The highest BCUT2D eigenvalue weighted by atomic mass is 32.2. The Hall–Kier alpha value is -2.55. The molecule has 29 heavy (non-hydrogen) atoms. The van der Waals surface area contributed by atoms with Crippen molar-refractivity contribution in [3.8, 4) is 22.9 Å². The van der Waals surface area contributed by atoms with Gasteiger partial charge in [-0.15, -0.1) is 10.2 Å². The van der Waals surface area contributed by atoms with Crippen LogP contribution in [0.3, 0.4) is 0 Å². The van der Waals surface area contributed by atoms with Crippen molar-refractivity contribution in [1.82, 2.24) is 24.9 Å². The van der Waals surface area contributed by atoms with Crippen LogP contribution >= 0.6 is 11.8 Å². The van der Waals surface area contributed by atoms with Crippen LogP contribution in [0.4, 0.5) is 0 Å². The summed E-state index contributed by atoms with van der Waals surface area (Å²) >= 11 is 1.58. The first kappa shape index (κ1) is 19.8. The molecule has 0 radical (unpaired) electrons. The highest BCUT2D eigenvalue weighted by molar-refractivity contribution is 7.98. The molecule has 3 aromatic rings. The fourth-order valence-corrected chi connectivity index (χ4v) is 4.63. The summed E-state index contributed by atoms with van der Waals surface area (Å²) in [7, 11) is 3.22. The van der Waals surface area contributed by atoms with E-state index in [0.717, 1.165) is 16.5 Å². The number of aromatic nitrogens is 5. The van der Waals surface area contributed by atoms with Crippen LogP contribution in [-0.4, -0.2) is 39.1 Å². The highest BCUT2D eigenvalue weighted by Crippen LogP contribution is 2.34. The molecule has 0 saturated heterocycles. The van der Waals surface area contributed by atoms with Gasteiger partial charge in [-0.05, 0) is 31.9 Å². The second-order valence-electron chi connectivity index (χ2n) is 7.06. The molecule has 154 valence electrons. The van der Waals surface area contributed by atoms with Crippen LogP contribution in [0, 0.1) is 6.92 Å². The van der Waals surface area contributed by atoms with E-state index in [1.807, 2.05) is 19.1 Å². The summed E-state index contributed by atoms with van der Waals surface area (Å²) in [6.07, 6.45) is 6.23. The van der Waals surface area contributed by atoms with Crippen molar-refractivity contribution in [3.63, 3.8) is 0 Å². The molecule has 4 rings (SSSR count). The van der Waals surface area contributed by atoms with Gasteiger partial charge in [0.2, 0.25) is 11.7 Å². The molecule has 1 fully saturated rings. The molecule has 1 aliphatic carbocycles. The second-order valence-corrected chi connectivity index (χ2v) is 8.00. The average molecular weight is 416 g/mol. The third kappa shape index (κ3) is 4.24. The first-order valence-electron chi connectivity index (χ1n) is 9.79. The molecule has 0 atom stereocenters. The number of hydrogen-bond acceptors (Lipinski definition) is 8. The molecular weight excluding hydrogens is 390 g/mol. The third-order valence-corrected chi connectivity index (χ3v) is 6.15. The van der Waals surface area contributed by atoms with Crippen molar-refractivity contribution in [1.29, 1.82) is 0 Å². The van der Waals surface area contributed by atoms with Gasteiger partial charge in [-0.25, -0.2) is 0 Å². The predicted molar refractivity (Wildman–Crippen MR) is 109 cm³/mol. The van der Waals surface area contributed by atoms with Crippen LogP contribution in [0.25, 0.3) is 11.4 Å². The minimum atomic E-state index is 0.489. The van der Waals surface area contributed by atoms with Gasteiger partial charge in [-0.2, -0.15) is 4.98 Å². The van der Waals surface area contributed by atoms with E-state index in [1.54, 1.807) is 32.0 Å². The molecule has 0 spiro atoms. The Kier molecular flexibility index (Phi) is 6.03. The molecule has 8 nitrogen and oxygen atoms in total. The zero-order chi connectivity index (χ0) is 20.2. The van der Waals surface area contributed by atoms with E-state index >= 15 is 0 Å². The zero-order valence-corrected chi connectivity index (χ0v) is 17.7. The molecule has 0 aliphatic heterocycles. The summed E-state index contributed by atoms with van der Waals surface area (Å²) in [5.74, 6) is 3.88. The minimum Gasteiger partial charge on any atom is -0.497 e. The van der Waals surface area contributed by atoms with Gasteiger partial charge < -0.3 is 18.6 Å². The molecule has 1 saturated carbocycles. The number of hydrogen-bond donors (Lipinski definition) is 0. The van der Waals surface area contributed by atoms with Gasteiger partial charge in [0.15, 0.2) is 5.16 Å². The van der Waals surface area contributed by atoms with Crippen LogP contribution in [-0.2, 0) is 5.75 Å². The first-order valence-corrected chi connectivity index (χ1v) is 10.8. The van der Waals surface area contributed by atoms with Gasteiger partial charge in [0.1, 0.15) is 17.3 Å². The van der Waals surface area contributed by atoms with E-state index < -0.39 is 0 Å². The predicted octanol–water partition coefficient (Wildman–Crippen LogP) is 4.45. The standard InChI is InChI=1S/C20H25N5O3S/c1-13-22-23-20(25(13)14-7-5-4-6-8-14)29-12-18-21-19(24-28-18)16-10-9-15(26-2)11-17(16)27-3/h9-11,14H,4-8,12H2,1-3H3. The maximum absolute atomic E-state index is 5.46. The first-order chi connectivity index (χ1) is 14.2. The topological polar surface area (TPSA) is 88.1 Å². The summed E-state index contributed by atoms with van der Waals surface area (Å²) < 4.78 is 18.4. The molecule has 1 aromatic carbocycles. The van der Waals surface area contributed by atoms with Crippen molar-refractivity contribution in [2.75, 3.05) is 14.2 Å². The van der Waals surface area contributed by atoms with Gasteiger partial charge >= 0.3 is 0 Å². The van der Waals surface area contributed by atoms with E-state index in [4.69, 9.17) is 14.0 Å². The number of benzene rings is 1. The number of rotatable bonds is 7. The maximum Gasteiger partial charge on any atom is 0.237 e. The number of methoxy groups -OCH3 is 2. The van der Waals surface area contributed by atoms with E-state index in [-0.39, 0.29) is 0 Å². The van der Waals surface area contributed by atoms with Crippen LogP contribution in [0.2, 0.25) is 0 Å². The van der Waals surface area contributed by atoms with E-state index in [0.29, 0.717) is 35.0 Å². The lowest BCUT2D eigenvalue weighted by Crippen LogP contribution is -2.15. The smallest absolute Gasteiger partial charge is 0.237 e. The number of nitrogens with zero attached hydrogens (tertiary/aromatic N) is 5. The van der Waals surface area contributed by atoms with Crippen molar-refractivity contribution < 1.29 is 14.0 Å². The molecule has 0 bridgehead atoms. The lowest BCUT2D eigenvalue weighted by Gasteiger charge is -2.24. The molecule has 0 N–H and O–H groups in total. The molecule has 0 amide bonds. The fourth-order valence-electron chi connectivity index (χ4n) is 3.74. The summed E-state index contributed by atoms with van der Waals surface area (Å²) in [6, 6.07) is 6.00. The van der Waals surface area contributed by atoms with Crippen molar-refractivity contribution in [3.05, 3.63) is 29.9 Å². The molecule has 2 heterocycles.